The van der Waals surface area contributed by atoms with Crippen LogP contribution in [0.5, 0.6) is 0 Å². The Morgan fingerprint density at radius 3 is 2.86 bits per heavy atom. The second-order valence-corrected chi connectivity index (χ2v) is 10.6. The van der Waals surface area contributed by atoms with E-state index in [1.54, 1.807) is 29.6 Å². The number of ketones is 1. The number of anilines is 1. The van der Waals surface area contributed by atoms with Crippen molar-refractivity contribution in [2.75, 3.05) is 11.9 Å². The van der Waals surface area contributed by atoms with Crippen LogP contribution in [0.1, 0.15) is 45.4 Å². The van der Waals surface area contributed by atoms with Crippen LogP contribution in [0.15, 0.2) is 42.2 Å². The number of hydrogen-bond donors (Lipinski definition) is 5. The Morgan fingerprint density at radius 1 is 1.31 bits per heavy atom. The maximum atomic E-state index is 13.2. The number of carbonyl (C=O) groups is 1. The van der Waals surface area contributed by atoms with Gasteiger partial charge in [0.15, 0.2) is 0 Å². The summed E-state index contributed by atoms with van der Waals surface area (Å²) >= 11 is 7.06. The fourth-order valence-corrected chi connectivity index (χ4v) is 5.43. The van der Waals surface area contributed by atoms with Gasteiger partial charge in [-0.3, -0.25) is 9.35 Å². The highest BCUT2D eigenvalue weighted by Gasteiger charge is 2.34. The zero-order chi connectivity index (χ0) is 25.2. The number of halogens is 1. The predicted octanol–water partition coefficient (Wildman–Crippen LogP) is 1.84. The zero-order valence-corrected chi connectivity index (χ0v) is 20.5. The number of rotatable bonds is 9. The molecule has 4 atom stereocenters. The smallest absolute Gasteiger partial charge is 0.333 e. The molecule has 0 bridgehead atoms. The Balaban J connectivity index is 1.47. The summed E-state index contributed by atoms with van der Waals surface area (Å²) in [6, 6.07) is 6.20. The number of nitrogens with zero attached hydrogens (tertiary/aromatic N) is 3. The van der Waals surface area contributed by atoms with Gasteiger partial charge in [0.2, 0.25) is 5.78 Å². The van der Waals surface area contributed by atoms with Gasteiger partial charge in [-0.1, -0.05) is 17.7 Å². The highest BCUT2D eigenvalue weighted by atomic mass is 35.5. The number of hydrogen-bond acceptors (Lipinski definition) is 10. The minimum atomic E-state index is -4.36. The predicted molar refractivity (Wildman–Crippen MR) is 129 cm³/mol. The third-order valence-electron chi connectivity index (χ3n) is 5.66. The molecule has 0 spiro atoms. The number of carbonyl (C=O) groups excluding carboxylic acids is 1. The molecule has 3 aromatic rings. The van der Waals surface area contributed by atoms with Crippen molar-refractivity contribution in [1.29, 1.82) is 0 Å². The average Bonchev–Trinajstić information content (AvgIpc) is 3.43. The van der Waals surface area contributed by atoms with Gasteiger partial charge in [0.25, 0.3) is 0 Å². The number of aromatic nitrogens is 3. The molecular formula is C21H22ClN5O6S2. The van der Waals surface area contributed by atoms with Crippen LogP contribution in [0.4, 0.5) is 5.82 Å². The van der Waals surface area contributed by atoms with E-state index in [1.807, 2.05) is 4.72 Å². The Kier molecular flexibility index (Phi) is 7.76. The first-order chi connectivity index (χ1) is 16.6. The molecular weight excluding hydrogens is 518 g/mol. The zero-order valence-electron chi connectivity index (χ0n) is 18.1. The van der Waals surface area contributed by atoms with Gasteiger partial charge in [0.1, 0.15) is 23.4 Å². The van der Waals surface area contributed by atoms with E-state index in [0.717, 1.165) is 11.3 Å². The third kappa shape index (κ3) is 6.38. The van der Waals surface area contributed by atoms with Gasteiger partial charge >= 0.3 is 10.3 Å². The van der Waals surface area contributed by atoms with Crippen LogP contribution in [0.3, 0.4) is 0 Å². The van der Waals surface area contributed by atoms with Crippen LogP contribution in [0.25, 0.3) is 0 Å². The van der Waals surface area contributed by atoms with Crippen molar-refractivity contribution < 1.29 is 28.0 Å². The first-order valence-corrected chi connectivity index (χ1v) is 13.2. The second kappa shape index (κ2) is 10.6. The lowest BCUT2D eigenvalue weighted by molar-refractivity contribution is 0.104. The summed E-state index contributed by atoms with van der Waals surface area (Å²) in [5, 5.41) is 25.9. The van der Waals surface area contributed by atoms with Gasteiger partial charge < -0.3 is 15.5 Å². The Labute approximate surface area is 210 Å². The largest absolute Gasteiger partial charge is 0.393 e. The highest BCUT2D eigenvalue weighted by Crippen LogP contribution is 2.31. The molecule has 0 aliphatic heterocycles. The van der Waals surface area contributed by atoms with E-state index in [0.29, 0.717) is 29.0 Å². The quantitative estimate of drug-likeness (QED) is 0.153. The number of pyridine rings is 1. The van der Waals surface area contributed by atoms with Crippen molar-refractivity contribution in [1.82, 2.24) is 19.7 Å². The Hall–Kier alpha value is -2.52. The van der Waals surface area contributed by atoms with E-state index in [1.165, 1.54) is 12.5 Å². The fourth-order valence-electron chi connectivity index (χ4n) is 3.95. The van der Waals surface area contributed by atoms with Crippen LogP contribution in [-0.2, 0) is 10.3 Å². The van der Waals surface area contributed by atoms with Gasteiger partial charge in [0, 0.05) is 24.7 Å². The van der Waals surface area contributed by atoms with Gasteiger partial charge in [-0.05, 0) is 42.0 Å². The minimum absolute atomic E-state index is 0.116. The van der Waals surface area contributed by atoms with Gasteiger partial charge in [-0.15, -0.1) is 11.3 Å². The molecule has 35 heavy (non-hydrogen) atoms. The molecule has 0 unspecified atom stereocenters. The summed E-state index contributed by atoms with van der Waals surface area (Å²) in [7, 11) is -4.36. The van der Waals surface area contributed by atoms with Crippen molar-refractivity contribution in [2.45, 2.75) is 31.1 Å². The molecule has 0 saturated heterocycles. The van der Waals surface area contributed by atoms with Crippen LogP contribution >= 0.6 is 22.9 Å². The normalized spacial score (nSPS) is 21.1. The molecule has 186 valence electrons. The molecule has 3 heterocycles. The van der Waals surface area contributed by atoms with E-state index >= 15 is 0 Å². The highest BCUT2D eigenvalue weighted by molar-refractivity contribution is 7.83. The van der Waals surface area contributed by atoms with E-state index < -0.39 is 28.4 Å². The van der Waals surface area contributed by atoms with E-state index in [4.69, 9.17) is 16.2 Å². The first-order valence-electron chi connectivity index (χ1n) is 10.5. The van der Waals surface area contributed by atoms with Crippen LogP contribution < -0.4 is 10.0 Å². The van der Waals surface area contributed by atoms with Crippen molar-refractivity contribution in [3.8, 4) is 0 Å². The first kappa shape index (κ1) is 25.6. The molecule has 0 amide bonds. The summed E-state index contributed by atoms with van der Waals surface area (Å²) in [6.07, 6.45) is 1.51. The lowest BCUT2D eigenvalue weighted by atomic mass is 10.1. The fraction of sp³-hybridized carbons (Fsp3) is 0.333. The molecule has 4 rings (SSSR count). The van der Waals surface area contributed by atoms with Crippen molar-refractivity contribution >= 4 is 44.8 Å². The van der Waals surface area contributed by atoms with Crippen molar-refractivity contribution in [3.05, 3.63) is 69.0 Å². The van der Waals surface area contributed by atoms with Crippen molar-refractivity contribution in [3.63, 3.8) is 0 Å². The second-order valence-electron chi connectivity index (χ2n) is 8.11. The summed E-state index contributed by atoms with van der Waals surface area (Å²) in [5.74, 6) is -0.492. The summed E-state index contributed by atoms with van der Waals surface area (Å²) < 4.78 is 32.7. The monoisotopic (exact) mass is 539 g/mol. The van der Waals surface area contributed by atoms with Gasteiger partial charge in [-0.2, -0.15) is 13.1 Å². The number of nitrogens with one attached hydrogen (secondary N) is 2. The SMILES string of the molecule is O=C(c1cc([C@@H](O)c2cccc(Cl)n2)cs1)c1cncnc1N[C@@H]1C[C@H](CNS(=O)(=O)O)[C@@H](O)C1. The molecule has 0 radical (unpaired) electrons. The maximum absolute atomic E-state index is 13.2. The Bertz CT molecular complexity index is 1320. The van der Waals surface area contributed by atoms with Crippen molar-refractivity contribution in [2.24, 2.45) is 5.92 Å². The van der Waals surface area contributed by atoms with Crippen LogP contribution in [0, 0.1) is 5.92 Å². The van der Waals surface area contributed by atoms with Gasteiger partial charge in [0.05, 0.1) is 22.2 Å². The van der Waals surface area contributed by atoms with Crippen LogP contribution in [-0.4, -0.2) is 62.6 Å². The number of aliphatic hydroxyl groups excluding tert-OH is 2. The number of aliphatic hydroxyl groups is 2. The van der Waals surface area contributed by atoms with E-state index in [-0.39, 0.29) is 34.9 Å². The molecule has 1 aliphatic carbocycles. The summed E-state index contributed by atoms with van der Waals surface area (Å²) in [4.78, 5) is 25.8. The van der Waals surface area contributed by atoms with Crippen LogP contribution in [0.2, 0.25) is 5.15 Å². The molecule has 14 heteroatoms. The Morgan fingerprint density at radius 2 is 2.11 bits per heavy atom. The molecule has 1 fully saturated rings. The lowest BCUT2D eigenvalue weighted by Crippen LogP contribution is -2.32. The summed E-state index contributed by atoms with van der Waals surface area (Å²) in [5.41, 5.74) is 1.07. The third-order valence-corrected chi connectivity index (χ3v) is 7.35. The molecule has 1 aliphatic rings. The summed E-state index contributed by atoms with van der Waals surface area (Å²) in [6.45, 7) is -0.116. The van der Waals surface area contributed by atoms with Gasteiger partial charge in [-0.25, -0.2) is 15.0 Å². The standard InChI is InChI=1S/C21H22ClN5O6S2/c22-18-3-1-2-15(27-18)19(29)12-5-17(34-9-12)20(30)14-8-23-10-24-21(14)26-13-4-11(16(28)6-13)7-25-35(31,32)33/h1-3,5,8-11,13,16,19,25,28-29H,4,6-7H2,(H,23,24,26)(H,31,32,33)/t11-,13-,16+,19-/m1/s1. The average molecular weight is 540 g/mol. The lowest BCUT2D eigenvalue weighted by Gasteiger charge is -2.15. The van der Waals surface area contributed by atoms with E-state index in [9.17, 15) is 23.4 Å². The molecule has 3 aromatic heterocycles. The maximum Gasteiger partial charge on any atom is 0.333 e. The molecule has 5 N–H and O–H groups in total. The number of thiophene rings is 1. The topological polar surface area (TPSA) is 175 Å². The molecule has 11 nitrogen and oxygen atoms in total. The molecule has 0 aromatic carbocycles. The van der Waals surface area contributed by atoms with E-state index in [2.05, 4.69) is 20.3 Å². The minimum Gasteiger partial charge on any atom is -0.393 e. The molecule has 1 saturated carbocycles.